The van der Waals surface area contributed by atoms with Gasteiger partial charge in [-0.15, -0.1) is 0 Å². The normalized spacial score (nSPS) is 17.7. The summed E-state index contributed by atoms with van der Waals surface area (Å²) in [5.41, 5.74) is 0.996. The number of unbranched alkanes of at least 4 members (excludes halogenated alkanes) is 2. The van der Waals surface area contributed by atoms with Gasteiger partial charge in [-0.25, -0.2) is 4.39 Å². The van der Waals surface area contributed by atoms with Crippen LogP contribution in [-0.2, 0) is 0 Å². The highest BCUT2D eigenvalue weighted by molar-refractivity contribution is 5.36. The molecular formula is C17H27FN2O. The third-order valence-electron chi connectivity index (χ3n) is 4.22. The maximum atomic E-state index is 13.7. The second-order valence-electron chi connectivity index (χ2n) is 5.68. The first-order valence-electron chi connectivity index (χ1n) is 8.04. The predicted molar refractivity (Wildman–Crippen MR) is 84.3 cm³/mol. The van der Waals surface area contributed by atoms with Crippen LogP contribution in [0.15, 0.2) is 18.2 Å². The fraction of sp³-hybridized carbons (Fsp3) is 0.647. The lowest BCUT2D eigenvalue weighted by Crippen LogP contribution is -2.45. The van der Waals surface area contributed by atoms with Gasteiger partial charge in [0.1, 0.15) is 11.6 Å². The molecule has 1 fully saturated rings. The SMILES string of the molecule is CCCCC[C@@H](c1cc(F)ccc1OC)N1CCNCC1. The Morgan fingerprint density at radius 1 is 1.29 bits per heavy atom. The predicted octanol–water partition coefficient (Wildman–Crippen LogP) is 3.36. The van der Waals surface area contributed by atoms with Crippen molar-refractivity contribution in [1.82, 2.24) is 10.2 Å². The Hall–Kier alpha value is -1.13. The van der Waals surface area contributed by atoms with Gasteiger partial charge in [-0.2, -0.15) is 0 Å². The maximum Gasteiger partial charge on any atom is 0.123 e. The molecule has 1 aliphatic rings. The van der Waals surface area contributed by atoms with Gasteiger partial charge in [-0.3, -0.25) is 4.90 Å². The Morgan fingerprint density at radius 2 is 2.05 bits per heavy atom. The molecule has 0 bridgehead atoms. The van der Waals surface area contributed by atoms with Gasteiger partial charge >= 0.3 is 0 Å². The van der Waals surface area contributed by atoms with Crippen LogP contribution in [0.3, 0.4) is 0 Å². The van der Waals surface area contributed by atoms with Crippen LogP contribution in [0.4, 0.5) is 4.39 Å². The van der Waals surface area contributed by atoms with E-state index in [0.29, 0.717) is 0 Å². The molecule has 21 heavy (non-hydrogen) atoms. The topological polar surface area (TPSA) is 24.5 Å². The fourth-order valence-corrected chi connectivity index (χ4v) is 3.08. The van der Waals surface area contributed by atoms with Crippen LogP contribution in [0.2, 0.25) is 0 Å². The second kappa shape index (κ2) is 8.35. The van der Waals surface area contributed by atoms with Gasteiger partial charge < -0.3 is 10.1 Å². The molecule has 2 rings (SSSR count). The second-order valence-corrected chi connectivity index (χ2v) is 5.68. The third kappa shape index (κ3) is 4.42. The molecule has 1 heterocycles. The van der Waals surface area contributed by atoms with Crippen molar-refractivity contribution in [2.75, 3.05) is 33.3 Å². The maximum absolute atomic E-state index is 13.7. The molecule has 1 atom stereocenters. The van der Waals surface area contributed by atoms with E-state index in [1.54, 1.807) is 19.2 Å². The summed E-state index contributed by atoms with van der Waals surface area (Å²) in [6.07, 6.45) is 4.66. The Morgan fingerprint density at radius 3 is 2.71 bits per heavy atom. The van der Waals surface area contributed by atoms with Gasteiger partial charge in [0.05, 0.1) is 7.11 Å². The van der Waals surface area contributed by atoms with Crippen LogP contribution in [0.25, 0.3) is 0 Å². The molecule has 0 aliphatic carbocycles. The highest BCUT2D eigenvalue weighted by atomic mass is 19.1. The standard InChI is InChI=1S/C17H27FN2O/c1-3-4-5-6-16(20-11-9-19-10-12-20)15-13-14(18)7-8-17(15)21-2/h7-8,13,16,19H,3-6,9-12H2,1-2H3/t16-/m0/s1. The van der Waals surface area contributed by atoms with E-state index in [-0.39, 0.29) is 11.9 Å². The quantitative estimate of drug-likeness (QED) is 0.780. The number of nitrogens with zero attached hydrogens (tertiary/aromatic N) is 1. The van der Waals surface area contributed by atoms with E-state index >= 15 is 0 Å². The minimum Gasteiger partial charge on any atom is -0.496 e. The van der Waals surface area contributed by atoms with E-state index in [1.165, 1.54) is 25.3 Å². The minimum atomic E-state index is -0.179. The van der Waals surface area contributed by atoms with Crippen LogP contribution in [0.5, 0.6) is 5.75 Å². The Bertz CT molecular complexity index is 433. The monoisotopic (exact) mass is 294 g/mol. The molecule has 1 saturated heterocycles. The molecular weight excluding hydrogens is 267 g/mol. The summed E-state index contributed by atoms with van der Waals surface area (Å²) in [7, 11) is 1.66. The number of halogens is 1. The first kappa shape index (κ1) is 16.2. The van der Waals surface area contributed by atoms with Crippen molar-refractivity contribution < 1.29 is 9.13 Å². The summed E-state index contributed by atoms with van der Waals surface area (Å²) >= 11 is 0. The molecule has 0 aromatic heterocycles. The average molecular weight is 294 g/mol. The molecule has 0 radical (unpaired) electrons. The fourth-order valence-electron chi connectivity index (χ4n) is 3.08. The number of benzene rings is 1. The molecule has 1 N–H and O–H groups in total. The smallest absolute Gasteiger partial charge is 0.123 e. The van der Waals surface area contributed by atoms with Crippen LogP contribution < -0.4 is 10.1 Å². The Kier molecular flexibility index (Phi) is 6.46. The summed E-state index contributed by atoms with van der Waals surface area (Å²) in [5.74, 6) is 0.623. The largest absolute Gasteiger partial charge is 0.496 e. The number of methoxy groups -OCH3 is 1. The molecule has 4 heteroatoms. The van der Waals surface area contributed by atoms with Crippen molar-refractivity contribution in [2.45, 2.75) is 38.6 Å². The molecule has 1 aliphatic heterocycles. The first-order chi connectivity index (χ1) is 10.3. The molecule has 0 saturated carbocycles. The summed E-state index contributed by atoms with van der Waals surface area (Å²) in [4.78, 5) is 2.46. The summed E-state index contributed by atoms with van der Waals surface area (Å²) < 4.78 is 19.2. The molecule has 1 aromatic carbocycles. The number of hydrogen-bond acceptors (Lipinski definition) is 3. The van der Waals surface area contributed by atoms with Gasteiger partial charge in [-0.05, 0) is 24.6 Å². The van der Waals surface area contributed by atoms with Crippen molar-refractivity contribution in [3.8, 4) is 5.75 Å². The van der Waals surface area contributed by atoms with Gasteiger partial charge in [0.15, 0.2) is 0 Å². The zero-order valence-corrected chi connectivity index (χ0v) is 13.2. The molecule has 3 nitrogen and oxygen atoms in total. The van der Waals surface area contributed by atoms with Crippen LogP contribution in [-0.4, -0.2) is 38.2 Å². The van der Waals surface area contributed by atoms with Gasteiger partial charge in [0.25, 0.3) is 0 Å². The Labute approximate surface area is 127 Å². The zero-order chi connectivity index (χ0) is 15.1. The van der Waals surface area contributed by atoms with Crippen molar-refractivity contribution >= 4 is 0 Å². The van der Waals surface area contributed by atoms with E-state index in [4.69, 9.17) is 4.74 Å². The first-order valence-corrected chi connectivity index (χ1v) is 8.04. The lowest BCUT2D eigenvalue weighted by molar-refractivity contribution is 0.159. The number of nitrogens with one attached hydrogen (secondary N) is 1. The van der Waals surface area contributed by atoms with Crippen molar-refractivity contribution in [3.63, 3.8) is 0 Å². The number of rotatable bonds is 7. The molecule has 1 aromatic rings. The number of hydrogen-bond donors (Lipinski definition) is 1. The van der Waals surface area contributed by atoms with Crippen molar-refractivity contribution in [1.29, 1.82) is 0 Å². The molecule has 0 spiro atoms. The average Bonchev–Trinajstić information content (AvgIpc) is 2.52. The van der Waals surface area contributed by atoms with E-state index in [0.717, 1.165) is 43.9 Å². The van der Waals surface area contributed by atoms with E-state index in [9.17, 15) is 4.39 Å². The molecule has 0 amide bonds. The molecule has 0 unspecified atom stereocenters. The van der Waals surface area contributed by atoms with Crippen LogP contribution in [0.1, 0.15) is 44.2 Å². The third-order valence-corrected chi connectivity index (χ3v) is 4.22. The van der Waals surface area contributed by atoms with Crippen molar-refractivity contribution in [2.24, 2.45) is 0 Å². The highest BCUT2D eigenvalue weighted by Gasteiger charge is 2.24. The van der Waals surface area contributed by atoms with Crippen LogP contribution >= 0.6 is 0 Å². The van der Waals surface area contributed by atoms with E-state index in [2.05, 4.69) is 17.1 Å². The zero-order valence-electron chi connectivity index (χ0n) is 13.2. The molecule has 118 valence electrons. The van der Waals surface area contributed by atoms with Gasteiger partial charge in [0, 0.05) is 37.8 Å². The van der Waals surface area contributed by atoms with Crippen molar-refractivity contribution in [3.05, 3.63) is 29.6 Å². The summed E-state index contributed by atoms with van der Waals surface area (Å²) in [6, 6.07) is 5.13. The lowest BCUT2D eigenvalue weighted by Gasteiger charge is -2.36. The minimum absolute atomic E-state index is 0.179. The van der Waals surface area contributed by atoms with Gasteiger partial charge in [0.2, 0.25) is 0 Å². The number of piperazine rings is 1. The van der Waals surface area contributed by atoms with E-state index in [1.807, 2.05) is 0 Å². The Balaban J connectivity index is 2.22. The summed E-state index contributed by atoms with van der Waals surface area (Å²) in [5, 5.41) is 3.38. The highest BCUT2D eigenvalue weighted by Crippen LogP contribution is 2.34. The number of ether oxygens (including phenoxy) is 1. The summed E-state index contributed by atoms with van der Waals surface area (Å²) in [6.45, 7) is 6.24. The van der Waals surface area contributed by atoms with E-state index < -0.39 is 0 Å². The van der Waals surface area contributed by atoms with Crippen LogP contribution in [0, 0.1) is 5.82 Å². The lowest BCUT2D eigenvalue weighted by atomic mass is 9.97. The van der Waals surface area contributed by atoms with Gasteiger partial charge in [-0.1, -0.05) is 26.2 Å².